The molecular weight excluding hydrogens is 408 g/mol. The highest BCUT2D eigenvalue weighted by Gasteiger charge is 2.33. The van der Waals surface area contributed by atoms with Crippen LogP contribution in [0.2, 0.25) is 0 Å². The van der Waals surface area contributed by atoms with Crippen molar-refractivity contribution < 1.29 is 9.53 Å². The molecule has 0 N–H and O–H groups in total. The summed E-state index contributed by atoms with van der Waals surface area (Å²) in [6.45, 7) is 3.27. The minimum absolute atomic E-state index is 0.0165. The summed E-state index contributed by atoms with van der Waals surface area (Å²) in [5.41, 5.74) is 4.21. The summed E-state index contributed by atoms with van der Waals surface area (Å²) < 4.78 is 6.26. The SMILES string of the molecule is CN(C)C(=O)[C@@H]1C[C@H](COc2ccc3c(c2)CCC3)CN(Cc2ccc3ccccc3c2)C1. The third-order valence-corrected chi connectivity index (χ3v) is 7.18. The van der Waals surface area contributed by atoms with Crippen molar-refractivity contribution in [3.63, 3.8) is 0 Å². The number of amides is 1. The zero-order valence-corrected chi connectivity index (χ0v) is 19.8. The molecule has 172 valence electrons. The van der Waals surface area contributed by atoms with Crippen LogP contribution in [-0.2, 0) is 24.2 Å². The number of fused-ring (bicyclic) bond motifs is 2. The van der Waals surface area contributed by atoms with E-state index in [4.69, 9.17) is 4.74 Å². The third kappa shape index (κ3) is 5.06. The van der Waals surface area contributed by atoms with Crippen LogP contribution in [0.25, 0.3) is 10.8 Å². The number of piperidine rings is 1. The van der Waals surface area contributed by atoms with Crippen molar-refractivity contribution in [2.75, 3.05) is 33.8 Å². The van der Waals surface area contributed by atoms with E-state index in [0.717, 1.165) is 38.2 Å². The first kappa shape index (κ1) is 22.0. The van der Waals surface area contributed by atoms with Crippen molar-refractivity contribution in [3.8, 4) is 5.75 Å². The predicted molar refractivity (Wildman–Crippen MR) is 133 cm³/mol. The van der Waals surface area contributed by atoms with Crippen molar-refractivity contribution in [2.45, 2.75) is 32.2 Å². The highest BCUT2D eigenvalue weighted by Crippen LogP contribution is 2.29. The maximum Gasteiger partial charge on any atom is 0.226 e. The Bertz CT molecular complexity index is 1140. The smallest absolute Gasteiger partial charge is 0.226 e. The first-order chi connectivity index (χ1) is 16.0. The number of likely N-dealkylation sites (tertiary alicyclic amines) is 1. The van der Waals surface area contributed by atoms with Gasteiger partial charge in [0.2, 0.25) is 5.91 Å². The van der Waals surface area contributed by atoms with Gasteiger partial charge < -0.3 is 9.64 Å². The molecule has 33 heavy (non-hydrogen) atoms. The summed E-state index contributed by atoms with van der Waals surface area (Å²) in [6, 6.07) is 21.7. The number of hydrogen-bond acceptors (Lipinski definition) is 3. The minimum Gasteiger partial charge on any atom is -0.493 e. The molecule has 0 aromatic heterocycles. The monoisotopic (exact) mass is 442 g/mol. The average Bonchev–Trinajstić information content (AvgIpc) is 3.30. The van der Waals surface area contributed by atoms with Crippen molar-refractivity contribution >= 4 is 16.7 Å². The molecule has 0 unspecified atom stereocenters. The van der Waals surface area contributed by atoms with Gasteiger partial charge in [-0.1, -0.05) is 42.5 Å². The van der Waals surface area contributed by atoms with Crippen molar-refractivity contribution in [1.29, 1.82) is 0 Å². The summed E-state index contributed by atoms with van der Waals surface area (Å²) in [7, 11) is 3.72. The third-order valence-electron chi connectivity index (χ3n) is 7.18. The maximum absolute atomic E-state index is 12.9. The van der Waals surface area contributed by atoms with Crippen LogP contribution in [0, 0.1) is 11.8 Å². The van der Waals surface area contributed by atoms with Crippen LogP contribution in [-0.4, -0.2) is 49.5 Å². The molecule has 0 spiro atoms. The van der Waals surface area contributed by atoms with Gasteiger partial charge in [-0.3, -0.25) is 9.69 Å². The van der Waals surface area contributed by atoms with Gasteiger partial charge in [-0.25, -0.2) is 0 Å². The van der Waals surface area contributed by atoms with E-state index in [1.165, 1.54) is 40.3 Å². The Morgan fingerprint density at radius 2 is 1.79 bits per heavy atom. The Kier molecular flexibility index (Phi) is 6.37. The average molecular weight is 443 g/mol. The Hall–Kier alpha value is -2.85. The predicted octanol–water partition coefficient (Wildman–Crippen LogP) is 4.93. The van der Waals surface area contributed by atoms with Gasteiger partial charge in [0, 0.05) is 39.6 Å². The normalized spacial score (nSPS) is 20.5. The molecule has 3 aromatic rings. The fraction of sp³-hybridized carbons (Fsp3) is 0.414. The number of nitrogens with zero attached hydrogens (tertiary/aromatic N) is 2. The topological polar surface area (TPSA) is 32.8 Å². The molecule has 2 aliphatic rings. The number of aryl methyl sites for hydroxylation is 2. The lowest BCUT2D eigenvalue weighted by atomic mass is 9.88. The lowest BCUT2D eigenvalue weighted by Crippen LogP contribution is -2.47. The summed E-state index contributed by atoms with van der Waals surface area (Å²) in [5.74, 6) is 1.54. The van der Waals surface area contributed by atoms with E-state index >= 15 is 0 Å². The van der Waals surface area contributed by atoms with Gasteiger partial charge in [0.25, 0.3) is 0 Å². The summed E-state index contributed by atoms with van der Waals surface area (Å²) in [5, 5.41) is 2.53. The molecule has 1 heterocycles. The van der Waals surface area contributed by atoms with E-state index in [9.17, 15) is 4.79 Å². The van der Waals surface area contributed by atoms with Crippen LogP contribution in [0.15, 0.2) is 60.7 Å². The van der Waals surface area contributed by atoms with Gasteiger partial charge >= 0.3 is 0 Å². The van der Waals surface area contributed by atoms with Gasteiger partial charge in [0.1, 0.15) is 5.75 Å². The van der Waals surface area contributed by atoms with Crippen LogP contribution >= 0.6 is 0 Å². The zero-order valence-electron chi connectivity index (χ0n) is 19.8. The van der Waals surface area contributed by atoms with E-state index in [1.54, 1.807) is 4.90 Å². The lowest BCUT2D eigenvalue weighted by molar-refractivity contribution is -0.135. The zero-order chi connectivity index (χ0) is 22.8. The van der Waals surface area contributed by atoms with Gasteiger partial charge in [0.05, 0.1) is 12.5 Å². The number of carbonyl (C=O) groups excluding carboxylic acids is 1. The minimum atomic E-state index is 0.0165. The highest BCUT2D eigenvalue weighted by molar-refractivity contribution is 5.83. The molecule has 0 radical (unpaired) electrons. The maximum atomic E-state index is 12.9. The standard InChI is InChI=1S/C29H34N2O2/c1-30(2)29(32)27-15-22(20-33-28-13-12-24-8-5-9-26(24)16-28)18-31(19-27)17-21-10-11-23-6-3-4-7-25(23)14-21/h3-4,6-7,10-14,16,22,27H,5,8-9,15,17-20H2,1-2H3/t22-,27+/m0/s1. The van der Waals surface area contributed by atoms with E-state index in [1.807, 2.05) is 14.1 Å². The van der Waals surface area contributed by atoms with Crippen LogP contribution in [0.1, 0.15) is 29.5 Å². The molecule has 0 saturated carbocycles. The number of hydrogen-bond donors (Lipinski definition) is 0. The largest absolute Gasteiger partial charge is 0.493 e. The number of ether oxygens (including phenoxy) is 1. The lowest BCUT2D eigenvalue weighted by Gasteiger charge is -2.38. The first-order valence-electron chi connectivity index (χ1n) is 12.2. The molecule has 1 aliphatic carbocycles. The molecular formula is C29H34N2O2. The summed E-state index contributed by atoms with van der Waals surface area (Å²) >= 11 is 0. The van der Waals surface area contributed by atoms with Gasteiger partial charge in [-0.05, 0) is 71.3 Å². The van der Waals surface area contributed by atoms with Crippen molar-refractivity contribution in [2.24, 2.45) is 11.8 Å². The first-order valence-corrected chi connectivity index (χ1v) is 12.2. The molecule has 0 bridgehead atoms. The van der Waals surface area contributed by atoms with Crippen LogP contribution < -0.4 is 4.74 Å². The quantitative estimate of drug-likeness (QED) is 0.542. The number of rotatable bonds is 6. The molecule has 5 rings (SSSR count). The van der Waals surface area contributed by atoms with Crippen molar-refractivity contribution in [1.82, 2.24) is 9.80 Å². The van der Waals surface area contributed by atoms with Gasteiger partial charge in [0.15, 0.2) is 0 Å². The molecule has 1 saturated heterocycles. The van der Waals surface area contributed by atoms with E-state index in [2.05, 4.69) is 65.6 Å². The van der Waals surface area contributed by atoms with Crippen LogP contribution in [0.3, 0.4) is 0 Å². The molecule has 1 amide bonds. The molecule has 3 aromatic carbocycles. The Labute approximate surface area is 197 Å². The second-order valence-corrected chi connectivity index (χ2v) is 10.0. The highest BCUT2D eigenvalue weighted by atomic mass is 16.5. The Balaban J connectivity index is 1.29. The Morgan fingerprint density at radius 1 is 0.970 bits per heavy atom. The van der Waals surface area contributed by atoms with E-state index < -0.39 is 0 Å². The number of carbonyl (C=O) groups is 1. The summed E-state index contributed by atoms with van der Waals surface area (Å²) in [6.07, 6.45) is 4.49. The second-order valence-electron chi connectivity index (χ2n) is 10.0. The second kappa shape index (κ2) is 9.56. The molecule has 4 nitrogen and oxygen atoms in total. The van der Waals surface area contributed by atoms with Crippen LogP contribution in [0.4, 0.5) is 0 Å². The fourth-order valence-electron chi connectivity index (χ4n) is 5.54. The Morgan fingerprint density at radius 3 is 2.64 bits per heavy atom. The van der Waals surface area contributed by atoms with Gasteiger partial charge in [-0.2, -0.15) is 0 Å². The fourth-order valence-corrected chi connectivity index (χ4v) is 5.54. The van der Waals surface area contributed by atoms with Crippen LogP contribution in [0.5, 0.6) is 5.75 Å². The summed E-state index contributed by atoms with van der Waals surface area (Å²) in [4.78, 5) is 17.1. The molecule has 1 fully saturated rings. The van der Waals surface area contributed by atoms with Gasteiger partial charge in [-0.15, -0.1) is 0 Å². The van der Waals surface area contributed by atoms with Crippen molar-refractivity contribution in [3.05, 3.63) is 77.4 Å². The van der Waals surface area contributed by atoms with E-state index in [0.29, 0.717) is 12.5 Å². The molecule has 1 aliphatic heterocycles. The van der Waals surface area contributed by atoms with E-state index in [-0.39, 0.29) is 11.8 Å². The molecule has 2 atom stereocenters. The number of benzene rings is 3. The molecule has 4 heteroatoms.